The van der Waals surface area contributed by atoms with Crippen LogP contribution in [-0.2, 0) is 10.0 Å². The zero-order chi connectivity index (χ0) is 14.6. The van der Waals surface area contributed by atoms with Gasteiger partial charge in [0.25, 0.3) is 0 Å². The van der Waals surface area contributed by atoms with E-state index < -0.39 is 15.8 Å². The summed E-state index contributed by atoms with van der Waals surface area (Å²) in [6.07, 6.45) is 1.67. The average molecular weight is 288 g/mol. The molecule has 0 radical (unpaired) electrons. The molecule has 108 valence electrons. The standard InChI is InChI=1S/C13H21FN2O2S/c1-9(2)4-5-10(3)16-19(17,18)11-6-7-13(15)12(14)8-11/h6-10,16H,4-5,15H2,1-3H3. The lowest BCUT2D eigenvalue weighted by Crippen LogP contribution is -2.32. The maximum Gasteiger partial charge on any atom is 0.240 e. The Morgan fingerprint density at radius 2 is 1.89 bits per heavy atom. The van der Waals surface area contributed by atoms with Gasteiger partial charge in [0.15, 0.2) is 0 Å². The summed E-state index contributed by atoms with van der Waals surface area (Å²) in [6.45, 7) is 5.96. The first-order chi connectivity index (χ1) is 8.72. The third-order valence-electron chi connectivity index (χ3n) is 2.82. The van der Waals surface area contributed by atoms with Crippen molar-refractivity contribution >= 4 is 15.7 Å². The highest BCUT2D eigenvalue weighted by Gasteiger charge is 2.18. The van der Waals surface area contributed by atoms with Gasteiger partial charge < -0.3 is 5.73 Å². The molecule has 1 atom stereocenters. The molecule has 0 aliphatic carbocycles. The van der Waals surface area contributed by atoms with Gasteiger partial charge >= 0.3 is 0 Å². The van der Waals surface area contributed by atoms with Gasteiger partial charge in [-0.05, 0) is 43.9 Å². The molecule has 0 aliphatic heterocycles. The molecule has 6 heteroatoms. The van der Waals surface area contributed by atoms with E-state index in [1.807, 2.05) is 0 Å². The number of nitrogens with one attached hydrogen (secondary N) is 1. The van der Waals surface area contributed by atoms with Crippen LogP contribution in [0.15, 0.2) is 23.1 Å². The maximum absolute atomic E-state index is 13.3. The van der Waals surface area contributed by atoms with Crippen LogP contribution in [0.1, 0.15) is 33.6 Å². The van der Waals surface area contributed by atoms with Gasteiger partial charge in [0.05, 0.1) is 10.6 Å². The van der Waals surface area contributed by atoms with E-state index in [1.54, 1.807) is 6.92 Å². The largest absolute Gasteiger partial charge is 0.396 e. The van der Waals surface area contributed by atoms with Crippen LogP contribution >= 0.6 is 0 Å². The Bertz CT molecular complexity index is 529. The summed E-state index contributed by atoms with van der Waals surface area (Å²) in [5, 5.41) is 0. The van der Waals surface area contributed by atoms with Gasteiger partial charge in [-0.1, -0.05) is 13.8 Å². The van der Waals surface area contributed by atoms with E-state index in [1.165, 1.54) is 12.1 Å². The van der Waals surface area contributed by atoms with E-state index in [0.717, 1.165) is 18.9 Å². The lowest BCUT2D eigenvalue weighted by atomic mass is 10.1. The predicted molar refractivity (Wildman–Crippen MR) is 74.7 cm³/mol. The lowest BCUT2D eigenvalue weighted by molar-refractivity contribution is 0.485. The first-order valence-corrected chi connectivity index (χ1v) is 7.78. The van der Waals surface area contributed by atoms with Crippen molar-refractivity contribution in [2.45, 2.75) is 44.6 Å². The molecular weight excluding hydrogens is 267 g/mol. The van der Waals surface area contributed by atoms with Crippen molar-refractivity contribution in [3.63, 3.8) is 0 Å². The molecule has 0 saturated carbocycles. The molecule has 0 aliphatic rings. The zero-order valence-corrected chi connectivity index (χ0v) is 12.3. The third kappa shape index (κ3) is 4.80. The second-order valence-corrected chi connectivity index (χ2v) is 6.89. The van der Waals surface area contributed by atoms with Gasteiger partial charge in [-0.2, -0.15) is 0 Å². The fourth-order valence-electron chi connectivity index (χ4n) is 1.65. The summed E-state index contributed by atoms with van der Waals surface area (Å²) in [5.41, 5.74) is 5.26. The van der Waals surface area contributed by atoms with Crippen molar-refractivity contribution in [2.75, 3.05) is 5.73 Å². The van der Waals surface area contributed by atoms with Crippen LogP contribution < -0.4 is 10.5 Å². The van der Waals surface area contributed by atoms with Crippen LogP contribution in [0, 0.1) is 11.7 Å². The Kier molecular flexibility index (Phi) is 5.31. The van der Waals surface area contributed by atoms with Crippen molar-refractivity contribution in [3.05, 3.63) is 24.0 Å². The topological polar surface area (TPSA) is 72.2 Å². The van der Waals surface area contributed by atoms with E-state index in [2.05, 4.69) is 18.6 Å². The minimum Gasteiger partial charge on any atom is -0.396 e. The summed E-state index contributed by atoms with van der Waals surface area (Å²) >= 11 is 0. The van der Waals surface area contributed by atoms with E-state index in [0.29, 0.717) is 5.92 Å². The molecule has 19 heavy (non-hydrogen) atoms. The van der Waals surface area contributed by atoms with Crippen molar-refractivity contribution in [2.24, 2.45) is 5.92 Å². The highest BCUT2D eigenvalue weighted by molar-refractivity contribution is 7.89. The fourth-order valence-corrected chi connectivity index (χ4v) is 2.94. The molecule has 0 fully saturated rings. The lowest BCUT2D eigenvalue weighted by Gasteiger charge is -2.15. The van der Waals surface area contributed by atoms with Crippen LogP contribution in [0.2, 0.25) is 0 Å². The number of sulfonamides is 1. The molecular formula is C13H21FN2O2S. The Morgan fingerprint density at radius 3 is 2.42 bits per heavy atom. The second-order valence-electron chi connectivity index (χ2n) is 5.18. The summed E-state index contributed by atoms with van der Waals surface area (Å²) in [4.78, 5) is -0.101. The van der Waals surface area contributed by atoms with E-state index >= 15 is 0 Å². The first-order valence-electron chi connectivity index (χ1n) is 6.29. The number of anilines is 1. The van der Waals surface area contributed by atoms with Crippen LogP contribution in [0.5, 0.6) is 0 Å². The van der Waals surface area contributed by atoms with Gasteiger partial charge in [-0.3, -0.25) is 0 Å². The van der Waals surface area contributed by atoms with Crippen molar-refractivity contribution < 1.29 is 12.8 Å². The Morgan fingerprint density at radius 1 is 1.26 bits per heavy atom. The maximum atomic E-state index is 13.3. The summed E-state index contributed by atoms with van der Waals surface area (Å²) in [7, 11) is -3.69. The van der Waals surface area contributed by atoms with Crippen molar-refractivity contribution in [1.29, 1.82) is 0 Å². The minimum atomic E-state index is -3.69. The quantitative estimate of drug-likeness (QED) is 0.790. The molecule has 3 N–H and O–H groups in total. The molecule has 0 spiro atoms. The minimum absolute atomic E-state index is 0.0631. The zero-order valence-electron chi connectivity index (χ0n) is 11.5. The van der Waals surface area contributed by atoms with Gasteiger partial charge in [0.1, 0.15) is 5.82 Å². The van der Waals surface area contributed by atoms with Crippen LogP contribution in [0.4, 0.5) is 10.1 Å². The Balaban J connectivity index is 2.77. The first kappa shape index (κ1) is 15.9. The number of rotatable bonds is 6. The van der Waals surface area contributed by atoms with Gasteiger partial charge in [0, 0.05) is 6.04 Å². The normalized spacial score (nSPS) is 13.7. The Hall–Kier alpha value is -1.14. The summed E-state index contributed by atoms with van der Waals surface area (Å²) < 4.78 is 39.9. The Labute approximate surface area is 114 Å². The van der Waals surface area contributed by atoms with Crippen molar-refractivity contribution in [1.82, 2.24) is 4.72 Å². The molecule has 0 amide bonds. The van der Waals surface area contributed by atoms with Crippen LogP contribution in [-0.4, -0.2) is 14.5 Å². The van der Waals surface area contributed by atoms with Gasteiger partial charge in [-0.15, -0.1) is 0 Å². The highest BCUT2D eigenvalue weighted by atomic mass is 32.2. The molecule has 1 rings (SSSR count). The van der Waals surface area contributed by atoms with E-state index in [-0.39, 0.29) is 16.6 Å². The molecule has 1 aromatic rings. The second kappa shape index (κ2) is 6.34. The monoisotopic (exact) mass is 288 g/mol. The average Bonchev–Trinajstić information content (AvgIpc) is 2.29. The van der Waals surface area contributed by atoms with E-state index in [9.17, 15) is 12.8 Å². The molecule has 0 bridgehead atoms. The number of hydrogen-bond donors (Lipinski definition) is 2. The molecule has 1 aromatic carbocycles. The third-order valence-corrected chi connectivity index (χ3v) is 4.40. The summed E-state index contributed by atoms with van der Waals surface area (Å²) in [6, 6.07) is 3.30. The number of halogens is 1. The molecule has 0 heterocycles. The van der Waals surface area contributed by atoms with E-state index in [4.69, 9.17) is 5.73 Å². The molecule has 4 nitrogen and oxygen atoms in total. The van der Waals surface area contributed by atoms with Gasteiger partial charge in [-0.25, -0.2) is 17.5 Å². The molecule has 1 unspecified atom stereocenters. The fraction of sp³-hybridized carbons (Fsp3) is 0.538. The number of benzene rings is 1. The number of nitrogen functional groups attached to an aromatic ring is 1. The smallest absolute Gasteiger partial charge is 0.240 e. The molecule has 0 aromatic heterocycles. The van der Waals surface area contributed by atoms with Gasteiger partial charge in [0.2, 0.25) is 10.0 Å². The summed E-state index contributed by atoms with van der Waals surface area (Å²) in [5.74, 6) is -0.210. The van der Waals surface area contributed by atoms with Crippen LogP contribution in [0.3, 0.4) is 0 Å². The van der Waals surface area contributed by atoms with Crippen molar-refractivity contribution in [3.8, 4) is 0 Å². The van der Waals surface area contributed by atoms with Crippen LogP contribution in [0.25, 0.3) is 0 Å². The highest BCUT2D eigenvalue weighted by Crippen LogP contribution is 2.17. The molecule has 0 saturated heterocycles. The number of hydrogen-bond acceptors (Lipinski definition) is 3. The SMILES string of the molecule is CC(C)CCC(C)NS(=O)(=O)c1ccc(N)c(F)c1. The predicted octanol–water partition coefficient (Wildman–Crippen LogP) is 2.51. The number of nitrogens with two attached hydrogens (primary N) is 1.